The average Bonchev–Trinajstić information content (AvgIpc) is 3.93. The minimum atomic E-state index is 1.12. The third-order valence-electron chi connectivity index (χ3n) is 12.2. The summed E-state index contributed by atoms with van der Waals surface area (Å²) in [6.45, 7) is 2.28. The number of benzene rings is 9. The first kappa shape index (κ1) is 32.6. The normalized spacial score (nSPS) is 11.9. The predicted molar refractivity (Wildman–Crippen MR) is 245 cm³/mol. The largest absolute Gasteiger partial charge is 0.309 e. The van der Waals surface area contributed by atoms with Crippen molar-refractivity contribution >= 4 is 65.4 Å². The lowest BCUT2D eigenvalue weighted by Gasteiger charge is -2.19. The second-order valence-electron chi connectivity index (χ2n) is 15.3. The fourth-order valence-electron chi connectivity index (χ4n) is 9.63. The number of fused-ring (bicyclic) bond motifs is 9. The van der Waals surface area contributed by atoms with Crippen LogP contribution in [-0.4, -0.2) is 13.7 Å². The van der Waals surface area contributed by atoms with Crippen molar-refractivity contribution in [3.63, 3.8) is 0 Å². The van der Waals surface area contributed by atoms with E-state index in [0.29, 0.717) is 0 Å². The van der Waals surface area contributed by atoms with Crippen LogP contribution in [0.1, 0.15) is 5.56 Å². The lowest BCUT2D eigenvalue weighted by Crippen LogP contribution is -2.02. The lowest BCUT2D eigenvalue weighted by molar-refractivity contribution is 1.12. The van der Waals surface area contributed by atoms with E-state index in [1.54, 1.807) is 0 Å². The molecule has 0 amide bonds. The van der Waals surface area contributed by atoms with Crippen LogP contribution in [-0.2, 0) is 0 Å². The van der Waals surface area contributed by atoms with Gasteiger partial charge in [-0.15, -0.1) is 0 Å². The Labute approximate surface area is 335 Å². The van der Waals surface area contributed by atoms with Crippen molar-refractivity contribution in [2.24, 2.45) is 0 Å². The molecule has 0 aliphatic rings. The SMILES string of the molecule is Cc1c(-c2ccccc2)cc(-c2ccccc2)cc1-n1c2ccccc2c2ccc(-n3c4ccccc4c4cccc(-n5c6ccccc6c6ccccc65)c43)cc21. The monoisotopic (exact) mass is 739 g/mol. The Balaban J connectivity index is 1.19. The van der Waals surface area contributed by atoms with Crippen LogP contribution in [0, 0.1) is 6.92 Å². The van der Waals surface area contributed by atoms with Crippen LogP contribution in [0.2, 0.25) is 0 Å². The van der Waals surface area contributed by atoms with Gasteiger partial charge in [0.05, 0.1) is 44.5 Å². The minimum Gasteiger partial charge on any atom is -0.309 e. The van der Waals surface area contributed by atoms with Gasteiger partial charge in [-0.2, -0.15) is 0 Å². The van der Waals surface area contributed by atoms with Crippen LogP contribution in [0.15, 0.2) is 206 Å². The topological polar surface area (TPSA) is 14.8 Å². The van der Waals surface area contributed by atoms with E-state index in [2.05, 4.69) is 227 Å². The van der Waals surface area contributed by atoms with Crippen molar-refractivity contribution in [3.8, 4) is 39.3 Å². The number of nitrogens with zero attached hydrogens (tertiary/aromatic N) is 3. The van der Waals surface area contributed by atoms with Gasteiger partial charge in [0.2, 0.25) is 0 Å². The first-order valence-electron chi connectivity index (χ1n) is 20.0. The molecule has 0 atom stereocenters. The van der Waals surface area contributed by atoms with Crippen molar-refractivity contribution in [3.05, 3.63) is 212 Å². The van der Waals surface area contributed by atoms with Crippen LogP contribution >= 0.6 is 0 Å². The van der Waals surface area contributed by atoms with Gasteiger partial charge in [0.25, 0.3) is 0 Å². The van der Waals surface area contributed by atoms with E-state index in [1.807, 2.05) is 0 Å². The summed E-state index contributed by atoms with van der Waals surface area (Å²) >= 11 is 0. The highest BCUT2D eigenvalue weighted by molar-refractivity contribution is 6.16. The van der Waals surface area contributed by atoms with Crippen molar-refractivity contribution in [2.75, 3.05) is 0 Å². The summed E-state index contributed by atoms with van der Waals surface area (Å²) in [5.74, 6) is 0. The van der Waals surface area contributed by atoms with E-state index in [0.717, 1.165) is 11.4 Å². The zero-order valence-electron chi connectivity index (χ0n) is 32.0. The maximum atomic E-state index is 2.50. The maximum Gasteiger partial charge on any atom is 0.0782 e. The van der Waals surface area contributed by atoms with Crippen LogP contribution in [0.5, 0.6) is 0 Å². The van der Waals surface area contributed by atoms with E-state index in [9.17, 15) is 0 Å². The Kier molecular flexibility index (Phi) is 7.14. The molecule has 3 heterocycles. The highest BCUT2D eigenvalue weighted by Crippen LogP contribution is 2.42. The number of hydrogen-bond donors (Lipinski definition) is 0. The van der Waals surface area contributed by atoms with Gasteiger partial charge >= 0.3 is 0 Å². The molecule has 0 aliphatic heterocycles. The Morgan fingerprint density at radius 3 is 1.36 bits per heavy atom. The zero-order chi connectivity index (χ0) is 38.3. The van der Waals surface area contributed by atoms with E-state index < -0.39 is 0 Å². The van der Waals surface area contributed by atoms with Gasteiger partial charge in [-0.1, -0.05) is 152 Å². The molecule has 272 valence electrons. The van der Waals surface area contributed by atoms with Gasteiger partial charge in [-0.25, -0.2) is 0 Å². The predicted octanol–water partition coefficient (Wildman–Crippen LogP) is 14.6. The smallest absolute Gasteiger partial charge is 0.0782 e. The summed E-state index contributed by atoms with van der Waals surface area (Å²) in [5.41, 5.74) is 16.7. The Morgan fingerprint density at radius 2 is 0.759 bits per heavy atom. The van der Waals surface area contributed by atoms with Gasteiger partial charge < -0.3 is 13.7 Å². The van der Waals surface area contributed by atoms with Gasteiger partial charge in [-0.3, -0.25) is 0 Å². The number of aromatic nitrogens is 3. The summed E-state index contributed by atoms with van der Waals surface area (Å²) in [5, 5.41) is 7.45. The Hall–Kier alpha value is -7.62. The molecule has 0 N–H and O–H groups in total. The molecule has 0 unspecified atom stereocenters. The van der Waals surface area contributed by atoms with Crippen molar-refractivity contribution in [1.82, 2.24) is 13.7 Å². The molecule has 0 fully saturated rings. The molecule has 3 aromatic heterocycles. The first-order valence-corrected chi connectivity index (χ1v) is 20.0. The summed E-state index contributed by atoms with van der Waals surface area (Å²) in [7, 11) is 0. The van der Waals surface area contributed by atoms with Crippen LogP contribution in [0.4, 0.5) is 0 Å². The van der Waals surface area contributed by atoms with Gasteiger partial charge in [0, 0.05) is 38.0 Å². The van der Waals surface area contributed by atoms with Crippen molar-refractivity contribution in [1.29, 1.82) is 0 Å². The fraction of sp³-hybridized carbons (Fsp3) is 0.0182. The second kappa shape index (κ2) is 12.7. The maximum absolute atomic E-state index is 2.50. The molecule has 3 heteroatoms. The van der Waals surface area contributed by atoms with Crippen LogP contribution < -0.4 is 0 Å². The summed E-state index contributed by atoms with van der Waals surface area (Å²) in [6, 6.07) is 75.5. The van der Waals surface area contributed by atoms with Crippen molar-refractivity contribution in [2.45, 2.75) is 6.92 Å². The first-order chi connectivity index (χ1) is 28.7. The van der Waals surface area contributed by atoms with Crippen LogP contribution in [0.25, 0.3) is 105 Å². The number of rotatable bonds is 5. The summed E-state index contributed by atoms with van der Waals surface area (Å²) in [4.78, 5) is 0. The second-order valence-corrected chi connectivity index (χ2v) is 15.3. The van der Waals surface area contributed by atoms with E-state index in [-0.39, 0.29) is 0 Å². The quantitative estimate of drug-likeness (QED) is 0.167. The van der Waals surface area contributed by atoms with E-state index in [1.165, 1.54) is 98.9 Å². The molecule has 0 bridgehead atoms. The van der Waals surface area contributed by atoms with Crippen molar-refractivity contribution < 1.29 is 0 Å². The zero-order valence-corrected chi connectivity index (χ0v) is 32.0. The average molecular weight is 740 g/mol. The summed E-state index contributed by atoms with van der Waals surface area (Å²) < 4.78 is 7.46. The highest BCUT2D eigenvalue weighted by atomic mass is 15.1. The molecule has 0 radical (unpaired) electrons. The molecule has 0 aliphatic carbocycles. The van der Waals surface area contributed by atoms with Gasteiger partial charge in [0.1, 0.15) is 0 Å². The molecule has 12 rings (SSSR count). The highest BCUT2D eigenvalue weighted by Gasteiger charge is 2.22. The molecule has 12 aromatic rings. The minimum absolute atomic E-state index is 1.12. The Morgan fingerprint density at radius 1 is 0.293 bits per heavy atom. The van der Waals surface area contributed by atoms with Gasteiger partial charge in [0.15, 0.2) is 0 Å². The standard InChI is InChI=1S/C55H37N3/c1-36-47(38-19-6-3-7-20-38)33-39(37-17-4-2-5-18-37)34-53(36)58-51-29-15-10-23-43(51)45-32-31-40(35-54(45)58)56-48-26-12-11-24-44(48)46-25-16-30-52(55(46)56)57-49-27-13-8-21-41(49)42-22-9-14-28-50(42)57/h2-35H,1H3. The molecule has 9 aromatic carbocycles. The van der Waals surface area contributed by atoms with Crippen LogP contribution in [0.3, 0.4) is 0 Å². The van der Waals surface area contributed by atoms with E-state index >= 15 is 0 Å². The molecule has 58 heavy (non-hydrogen) atoms. The fourth-order valence-corrected chi connectivity index (χ4v) is 9.63. The molecule has 3 nitrogen and oxygen atoms in total. The third kappa shape index (κ3) is 4.74. The number of hydrogen-bond acceptors (Lipinski definition) is 0. The van der Waals surface area contributed by atoms with E-state index in [4.69, 9.17) is 0 Å². The molecule has 0 spiro atoms. The lowest BCUT2D eigenvalue weighted by atomic mass is 9.93. The van der Waals surface area contributed by atoms with Gasteiger partial charge in [-0.05, 0) is 89.3 Å². The molecular weight excluding hydrogens is 703 g/mol. The molecule has 0 saturated heterocycles. The molecular formula is C55H37N3. The number of para-hydroxylation sites is 5. The molecule has 0 saturated carbocycles. The summed E-state index contributed by atoms with van der Waals surface area (Å²) in [6.07, 6.45) is 0. The Bertz CT molecular complexity index is 3510. The third-order valence-corrected chi connectivity index (χ3v) is 12.2.